The molecule has 10 heteroatoms. The number of aliphatic hydroxyl groups excluding tert-OH is 2. The van der Waals surface area contributed by atoms with Crippen molar-refractivity contribution >= 4 is 16.0 Å². The number of aryl methyl sites for hydroxylation is 1. The van der Waals surface area contributed by atoms with Crippen LogP contribution in [-0.2, 0) is 16.7 Å². The summed E-state index contributed by atoms with van der Waals surface area (Å²) in [6.45, 7) is 4.37. The van der Waals surface area contributed by atoms with Crippen molar-refractivity contribution in [2.75, 3.05) is 4.72 Å². The van der Waals surface area contributed by atoms with Crippen LogP contribution < -0.4 is 4.72 Å². The monoisotopic (exact) mass is 559 g/mol. The van der Waals surface area contributed by atoms with Gasteiger partial charge in [-0.2, -0.15) is 21.6 Å². The zero-order valence-corrected chi connectivity index (χ0v) is 22.9. The van der Waals surface area contributed by atoms with Crippen LogP contribution in [0, 0.1) is 16.7 Å². The minimum absolute atomic E-state index is 0.151. The Morgan fingerprint density at radius 3 is 2.61 bits per heavy atom. The molecule has 0 heterocycles. The maximum Gasteiger partial charge on any atom is 0.414 e. The quantitative estimate of drug-likeness (QED) is 0.161. The smallest absolute Gasteiger partial charge is 0.393 e. The van der Waals surface area contributed by atoms with Crippen molar-refractivity contribution < 1.29 is 36.4 Å². The Labute approximate surface area is 223 Å². The summed E-state index contributed by atoms with van der Waals surface area (Å²) < 4.78 is 71.6. The number of nitrogens with one attached hydrogen (secondary N) is 1. The molecule has 6 atom stereocenters. The molecule has 0 amide bonds. The van der Waals surface area contributed by atoms with E-state index in [9.17, 15) is 36.4 Å². The van der Waals surface area contributed by atoms with Crippen molar-refractivity contribution in [2.45, 2.75) is 109 Å². The third kappa shape index (κ3) is 5.64. The number of benzene rings is 1. The maximum atomic E-state index is 12.5. The number of allylic oxidation sites excluding steroid dienone is 2. The molecule has 1 aromatic carbocycles. The second kappa shape index (κ2) is 10.7. The fourth-order valence-electron chi connectivity index (χ4n) is 7.93. The highest BCUT2D eigenvalue weighted by Gasteiger charge is 2.62. The zero-order chi connectivity index (χ0) is 27.9. The first-order valence-corrected chi connectivity index (χ1v) is 15.1. The van der Waals surface area contributed by atoms with Crippen molar-refractivity contribution in [3.8, 4) is 0 Å². The molecule has 214 valence electrons. The standard InChI is InChI=1S/C28H40F3NO5S/c1-18(7-5-3-4-6-8-25(34)28(29,30)31)27-16-13-19-17-20(32-38(35,36)37)9-10-21(19)22(27)14-15-26(2)23(27)11-12-24(26)33/h7,9-10,17,22-25,32-34H,3-6,8,11-16H2,1-2H3,(H,35,36,37)/t22?,23?,24-,25?,26-,27?/m0/s1. The van der Waals surface area contributed by atoms with Gasteiger partial charge in [0.05, 0.1) is 11.8 Å². The Morgan fingerprint density at radius 1 is 1.18 bits per heavy atom. The van der Waals surface area contributed by atoms with Crippen molar-refractivity contribution in [1.29, 1.82) is 0 Å². The number of aliphatic hydroxyl groups is 2. The predicted molar refractivity (Wildman–Crippen MR) is 140 cm³/mol. The molecule has 3 aliphatic carbocycles. The first kappa shape index (κ1) is 29.4. The second-order valence-electron chi connectivity index (χ2n) is 11.9. The summed E-state index contributed by atoms with van der Waals surface area (Å²) in [6.07, 6.45) is 2.35. The fraction of sp³-hybridized carbons (Fsp3) is 0.714. The number of alkyl halides is 3. The Hall–Kier alpha value is -1.62. The van der Waals surface area contributed by atoms with Crippen molar-refractivity contribution in [1.82, 2.24) is 0 Å². The molecule has 0 aliphatic heterocycles. The fourth-order valence-corrected chi connectivity index (χ4v) is 8.36. The van der Waals surface area contributed by atoms with Crippen LogP contribution in [0.4, 0.5) is 18.9 Å². The number of halogens is 3. The van der Waals surface area contributed by atoms with Crippen LogP contribution >= 0.6 is 0 Å². The van der Waals surface area contributed by atoms with Gasteiger partial charge in [0.2, 0.25) is 0 Å². The molecule has 0 aromatic heterocycles. The Bertz CT molecular complexity index is 1150. The lowest BCUT2D eigenvalue weighted by Crippen LogP contribution is -2.52. The summed E-state index contributed by atoms with van der Waals surface area (Å²) in [7, 11) is -4.36. The Morgan fingerprint density at radius 2 is 1.92 bits per heavy atom. The lowest BCUT2D eigenvalue weighted by atomic mass is 9.45. The van der Waals surface area contributed by atoms with Gasteiger partial charge in [-0.15, -0.1) is 0 Å². The predicted octanol–water partition coefficient (Wildman–Crippen LogP) is 6.31. The molecule has 4 rings (SSSR count). The first-order valence-electron chi connectivity index (χ1n) is 13.7. The van der Waals surface area contributed by atoms with Crippen LogP contribution in [0.3, 0.4) is 0 Å². The van der Waals surface area contributed by atoms with Gasteiger partial charge in [0.15, 0.2) is 0 Å². The van der Waals surface area contributed by atoms with Crippen molar-refractivity contribution in [3.63, 3.8) is 0 Å². The minimum atomic E-state index is -4.56. The molecule has 0 saturated heterocycles. The number of hydrogen-bond acceptors (Lipinski definition) is 4. The average Bonchev–Trinajstić information content (AvgIpc) is 3.13. The molecule has 0 bridgehead atoms. The van der Waals surface area contributed by atoms with E-state index in [-0.39, 0.29) is 29.3 Å². The molecule has 0 spiro atoms. The van der Waals surface area contributed by atoms with Gasteiger partial charge < -0.3 is 10.2 Å². The molecule has 1 aromatic rings. The van der Waals surface area contributed by atoms with Gasteiger partial charge in [-0.1, -0.05) is 37.5 Å². The molecule has 3 aliphatic rings. The molecule has 0 radical (unpaired) electrons. The second-order valence-corrected chi connectivity index (χ2v) is 13.0. The van der Waals surface area contributed by atoms with Crippen LogP contribution in [0.5, 0.6) is 0 Å². The highest BCUT2D eigenvalue weighted by Crippen LogP contribution is 2.69. The highest BCUT2D eigenvalue weighted by molar-refractivity contribution is 7.87. The third-order valence-corrected chi connectivity index (χ3v) is 10.3. The van der Waals surface area contributed by atoms with Gasteiger partial charge in [-0.05, 0) is 105 Å². The highest BCUT2D eigenvalue weighted by atomic mass is 32.2. The van der Waals surface area contributed by atoms with Crippen LogP contribution in [0.1, 0.15) is 95.1 Å². The van der Waals surface area contributed by atoms with Crippen molar-refractivity contribution in [2.24, 2.45) is 16.7 Å². The largest absolute Gasteiger partial charge is 0.414 e. The third-order valence-electron chi connectivity index (χ3n) is 9.82. The molecule has 2 saturated carbocycles. The molecular formula is C28H40F3NO5S. The zero-order valence-electron chi connectivity index (χ0n) is 22.1. The lowest BCUT2D eigenvalue weighted by molar-refractivity contribution is -0.205. The summed E-state index contributed by atoms with van der Waals surface area (Å²) in [5.74, 6) is 0.512. The number of fused-ring (bicyclic) bond motifs is 5. The molecule has 38 heavy (non-hydrogen) atoms. The van der Waals surface area contributed by atoms with Crippen LogP contribution in [0.25, 0.3) is 0 Å². The van der Waals surface area contributed by atoms with E-state index >= 15 is 0 Å². The summed E-state index contributed by atoms with van der Waals surface area (Å²) >= 11 is 0. The van der Waals surface area contributed by atoms with E-state index in [1.165, 1.54) is 11.1 Å². The Kier molecular flexibility index (Phi) is 8.30. The van der Waals surface area contributed by atoms with E-state index in [1.54, 1.807) is 12.1 Å². The number of anilines is 1. The molecule has 4 unspecified atom stereocenters. The Balaban J connectivity index is 1.56. The SMILES string of the molecule is CC(=CCCCCCC(O)C(F)(F)F)C12CCc3cc(NS(=O)(=O)O)ccc3C1CC[C@@]1(C)C2CC[C@@H]1O. The molecule has 2 fully saturated rings. The van der Waals surface area contributed by atoms with Crippen LogP contribution in [-0.4, -0.2) is 41.6 Å². The van der Waals surface area contributed by atoms with Gasteiger partial charge in [0, 0.05) is 5.41 Å². The van der Waals surface area contributed by atoms with Gasteiger partial charge in [0.1, 0.15) is 6.10 Å². The van der Waals surface area contributed by atoms with E-state index in [2.05, 4.69) is 24.6 Å². The normalized spacial score (nSPS) is 32.3. The number of rotatable bonds is 9. The molecular weight excluding hydrogens is 519 g/mol. The minimum Gasteiger partial charge on any atom is -0.393 e. The number of unbranched alkanes of at least 4 members (excludes halogenated alkanes) is 3. The van der Waals surface area contributed by atoms with Gasteiger partial charge >= 0.3 is 16.5 Å². The van der Waals surface area contributed by atoms with Crippen molar-refractivity contribution in [3.05, 3.63) is 41.0 Å². The van der Waals surface area contributed by atoms with E-state index in [4.69, 9.17) is 0 Å². The van der Waals surface area contributed by atoms with E-state index in [0.717, 1.165) is 56.9 Å². The molecule has 6 nitrogen and oxygen atoms in total. The summed E-state index contributed by atoms with van der Waals surface area (Å²) in [5.41, 5.74) is 3.53. The summed E-state index contributed by atoms with van der Waals surface area (Å²) in [5, 5.41) is 20.2. The van der Waals surface area contributed by atoms with Gasteiger partial charge in [0.25, 0.3) is 0 Å². The topological polar surface area (TPSA) is 107 Å². The number of hydrogen-bond donors (Lipinski definition) is 4. The van der Waals surface area contributed by atoms with Gasteiger partial charge in [-0.25, -0.2) is 0 Å². The average molecular weight is 560 g/mol. The van der Waals surface area contributed by atoms with E-state index in [1.807, 2.05) is 6.07 Å². The molecule has 4 N–H and O–H groups in total. The summed E-state index contributed by atoms with van der Waals surface area (Å²) in [4.78, 5) is 0. The van der Waals surface area contributed by atoms with E-state index in [0.29, 0.717) is 24.4 Å². The lowest BCUT2D eigenvalue weighted by Gasteiger charge is -2.59. The van der Waals surface area contributed by atoms with E-state index < -0.39 is 22.6 Å². The van der Waals surface area contributed by atoms with Gasteiger partial charge in [-0.3, -0.25) is 9.27 Å². The first-order chi connectivity index (χ1) is 17.7. The summed E-state index contributed by atoms with van der Waals surface area (Å²) in [6, 6.07) is 5.46. The maximum absolute atomic E-state index is 12.5. The van der Waals surface area contributed by atoms with Crippen LogP contribution in [0.2, 0.25) is 0 Å². The van der Waals surface area contributed by atoms with Crippen LogP contribution in [0.15, 0.2) is 29.8 Å².